The zero-order chi connectivity index (χ0) is 18.7. The van der Waals surface area contributed by atoms with Gasteiger partial charge in [0, 0.05) is 30.6 Å². The van der Waals surface area contributed by atoms with Crippen molar-refractivity contribution in [3.05, 3.63) is 87.2 Å². The fraction of sp³-hybridized carbons (Fsp3) is 0.0556. The summed E-state index contributed by atoms with van der Waals surface area (Å²) in [4.78, 5) is 10.7. The summed E-state index contributed by atoms with van der Waals surface area (Å²) < 4.78 is 1.81. The quantitative estimate of drug-likeness (QED) is 0.298. The Bertz CT molecular complexity index is 998. The Morgan fingerprint density at radius 1 is 1.23 bits per heavy atom. The summed E-state index contributed by atoms with van der Waals surface area (Å²) in [5.41, 5.74) is 2.49. The van der Waals surface area contributed by atoms with Crippen molar-refractivity contribution >= 4 is 34.4 Å². The molecule has 0 aliphatic heterocycles. The minimum atomic E-state index is -0.454. The van der Waals surface area contributed by atoms with Crippen LogP contribution in [0.25, 0.3) is 0 Å². The summed E-state index contributed by atoms with van der Waals surface area (Å²) in [6.45, 7) is 0. The molecule has 8 heteroatoms. The molecule has 0 spiro atoms. The largest absolute Gasteiger partial charge is 0.410 e. The summed E-state index contributed by atoms with van der Waals surface area (Å²) in [5, 5.41) is 27.3. The molecule has 1 aromatic heterocycles. The third-order valence-corrected chi connectivity index (χ3v) is 4.20. The van der Waals surface area contributed by atoms with Crippen LogP contribution in [0.3, 0.4) is 0 Å². The van der Waals surface area contributed by atoms with Crippen LogP contribution in [0, 0.1) is 10.1 Å². The topological polar surface area (TPSA) is 92.7 Å². The first-order chi connectivity index (χ1) is 12.5. The van der Waals surface area contributed by atoms with Crippen molar-refractivity contribution in [2.75, 3.05) is 5.32 Å². The summed E-state index contributed by atoms with van der Waals surface area (Å²) in [7, 11) is 1.83. The second kappa shape index (κ2) is 7.28. The number of anilines is 2. The fourth-order valence-electron chi connectivity index (χ4n) is 2.63. The van der Waals surface area contributed by atoms with Gasteiger partial charge in [-0.1, -0.05) is 28.9 Å². The average molecular weight is 371 g/mol. The summed E-state index contributed by atoms with van der Waals surface area (Å²) in [6, 6.07) is 15.0. The fourth-order valence-corrected chi connectivity index (χ4v) is 2.90. The van der Waals surface area contributed by atoms with Crippen LogP contribution in [-0.4, -0.2) is 20.4 Å². The van der Waals surface area contributed by atoms with Crippen LogP contribution < -0.4 is 5.32 Å². The number of hydrogen-bond acceptors (Lipinski definition) is 5. The predicted molar refractivity (Wildman–Crippen MR) is 101 cm³/mol. The van der Waals surface area contributed by atoms with Gasteiger partial charge in [-0.05, 0) is 36.4 Å². The lowest BCUT2D eigenvalue weighted by Gasteiger charge is -2.11. The van der Waals surface area contributed by atoms with Gasteiger partial charge < -0.3 is 15.1 Å². The highest BCUT2D eigenvalue weighted by Crippen LogP contribution is 2.30. The van der Waals surface area contributed by atoms with Crippen molar-refractivity contribution in [1.29, 1.82) is 0 Å². The van der Waals surface area contributed by atoms with E-state index in [-0.39, 0.29) is 5.69 Å². The molecule has 0 amide bonds. The van der Waals surface area contributed by atoms with E-state index < -0.39 is 4.92 Å². The first-order valence-corrected chi connectivity index (χ1v) is 8.03. The zero-order valence-corrected chi connectivity index (χ0v) is 14.5. The van der Waals surface area contributed by atoms with Gasteiger partial charge in [-0.3, -0.25) is 10.1 Å². The van der Waals surface area contributed by atoms with Crippen LogP contribution in [0.15, 0.2) is 65.9 Å². The van der Waals surface area contributed by atoms with Crippen LogP contribution in [0.1, 0.15) is 11.3 Å². The smallest absolute Gasteiger partial charge is 0.292 e. The number of aryl methyl sites for hydroxylation is 1. The molecular weight excluding hydrogens is 356 g/mol. The van der Waals surface area contributed by atoms with Crippen molar-refractivity contribution in [3.8, 4) is 0 Å². The molecule has 2 aromatic carbocycles. The van der Waals surface area contributed by atoms with Crippen LogP contribution >= 0.6 is 11.6 Å². The Morgan fingerprint density at radius 3 is 2.62 bits per heavy atom. The normalized spacial score (nSPS) is 11.4. The molecule has 3 rings (SSSR count). The molecule has 0 bridgehead atoms. The van der Waals surface area contributed by atoms with E-state index in [1.54, 1.807) is 36.4 Å². The van der Waals surface area contributed by atoms with Gasteiger partial charge in [-0.2, -0.15) is 0 Å². The number of hydrogen-bond donors (Lipinski definition) is 2. The highest BCUT2D eigenvalue weighted by Gasteiger charge is 2.16. The van der Waals surface area contributed by atoms with Gasteiger partial charge in [0.1, 0.15) is 11.4 Å². The van der Waals surface area contributed by atoms with Crippen molar-refractivity contribution in [1.82, 2.24) is 4.57 Å². The molecule has 0 atom stereocenters. The van der Waals surface area contributed by atoms with Gasteiger partial charge in [0.15, 0.2) is 0 Å². The maximum absolute atomic E-state index is 11.1. The molecule has 132 valence electrons. The van der Waals surface area contributed by atoms with Crippen LogP contribution in [-0.2, 0) is 7.05 Å². The molecule has 0 saturated carbocycles. The molecule has 26 heavy (non-hydrogen) atoms. The predicted octanol–water partition coefficient (Wildman–Crippen LogP) is 4.56. The first-order valence-electron chi connectivity index (χ1n) is 7.65. The second-order valence-electron chi connectivity index (χ2n) is 5.55. The Labute approximate surface area is 154 Å². The number of aromatic nitrogens is 1. The zero-order valence-electron chi connectivity index (χ0n) is 13.8. The van der Waals surface area contributed by atoms with Crippen molar-refractivity contribution < 1.29 is 10.1 Å². The number of nitrogens with one attached hydrogen (secondary N) is 1. The molecular formula is C18H15ClN4O3. The second-order valence-corrected chi connectivity index (χ2v) is 5.95. The van der Waals surface area contributed by atoms with E-state index in [4.69, 9.17) is 11.6 Å². The molecule has 0 aliphatic carbocycles. The molecule has 2 N–H and O–H groups in total. The summed E-state index contributed by atoms with van der Waals surface area (Å²) in [6.07, 6.45) is 1.83. The minimum absolute atomic E-state index is 0.0332. The van der Waals surface area contributed by atoms with Gasteiger partial charge in [0.05, 0.1) is 15.6 Å². The van der Waals surface area contributed by atoms with E-state index >= 15 is 0 Å². The molecule has 0 unspecified atom stereocenters. The number of nitro groups is 1. The Morgan fingerprint density at radius 2 is 2.00 bits per heavy atom. The summed E-state index contributed by atoms with van der Waals surface area (Å²) >= 11 is 6.37. The van der Waals surface area contributed by atoms with Crippen molar-refractivity contribution in [3.63, 3.8) is 0 Å². The van der Waals surface area contributed by atoms with E-state index in [2.05, 4.69) is 10.5 Å². The van der Waals surface area contributed by atoms with Crippen LogP contribution in [0.5, 0.6) is 0 Å². The standard InChI is InChI=1S/C18H15ClN4O3/c1-22-10-4-7-17(22)18(21-24)13-9-8-12(11-14(13)19)20-15-5-2-3-6-16(15)23(25)26/h2-11,20,24H,1H3/b21-18-. The number of nitro benzene ring substituents is 1. The molecule has 0 radical (unpaired) electrons. The van der Waals surface area contributed by atoms with E-state index in [0.717, 1.165) is 0 Å². The molecule has 1 heterocycles. The molecule has 7 nitrogen and oxygen atoms in total. The number of nitrogens with zero attached hydrogens (tertiary/aromatic N) is 3. The van der Waals surface area contributed by atoms with Crippen molar-refractivity contribution in [2.45, 2.75) is 0 Å². The first kappa shape index (κ1) is 17.5. The Kier molecular flexibility index (Phi) is 4.90. The van der Waals surface area contributed by atoms with Gasteiger partial charge in [0.25, 0.3) is 5.69 Å². The molecule has 0 saturated heterocycles. The number of oxime groups is 1. The monoisotopic (exact) mass is 370 g/mol. The summed E-state index contributed by atoms with van der Waals surface area (Å²) in [5.74, 6) is 0. The lowest BCUT2D eigenvalue weighted by molar-refractivity contribution is -0.383. The third kappa shape index (κ3) is 3.38. The van der Waals surface area contributed by atoms with Gasteiger partial charge >= 0.3 is 0 Å². The van der Waals surface area contributed by atoms with E-state index in [1.807, 2.05) is 29.9 Å². The lowest BCUT2D eigenvalue weighted by atomic mass is 10.1. The average Bonchev–Trinajstić information content (AvgIpc) is 3.03. The van der Waals surface area contributed by atoms with Gasteiger partial charge in [-0.15, -0.1) is 0 Å². The number of para-hydroxylation sites is 2. The van der Waals surface area contributed by atoms with E-state index in [0.29, 0.717) is 33.4 Å². The SMILES string of the molecule is Cn1cccc1/C(=N\O)c1ccc(Nc2ccccc2[N+](=O)[O-])cc1Cl. The molecule has 3 aromatic rings. The van der Waals surface area contributed by atoms with Crippen LogP contribution in [0.4, 0.5) is 17.1 Å². The van der Waals surface area contributed by atoms with Gasteiger partial charge in [0.2, 0.25) is 0 Å². The van der Waals surface area contributed by atoms with E-state index in [1.165, 1.54) is 6.07 Å². The minimum Gasteiger partial charge on any atom is -0.410 e. The third-order valence-electron chi connectivity index (χ3n) is 3.89. The molecule has 0 aliphatic rings. The Balaban J connectivity index is 1.94. The highest BCUT2D eigenvalue weighted by atomic mass is 35.5. The Hall–Kier alpha value is -3.32. The highest BCUT2D eigenvalue weighted by molar-refractivity contribution is 6.35. The molecule has 0 fully saturated rings. The number of benzene rings is 2. The van der Waals surface area contributed by atoms with Crippen molar-refractivity contribution in [2.24, 2.45) is 12.2 Å². The number of halogens is 1. The number of rotatable bonds is 5. The maximum Gasteiger partial charge on any atom is 0.292 e. The van der Waals surface area contributed by atoms with E-state index in [9.17, 15) is 15.3 Å². The van der Waals surface area contributed by atoms with Crippen LogP contribution in [0.2, 0.25) is 5.02 Å². The van der Waals surface area contributed by atoms with Gasteiger partial charge in [-0.25, -0.2) is 0 Å². The lowest BCUT2D eigenvalue weighted by Crippen LogP contribution is -2.09. The maximum atomic E-state index is 11.1.